The van der Waals surface area contributed by atoms with Gasteiger partial charge in [0.15, 0.2) is 0 Å². The lowest BCUT2D eigenvalue weighted by molar-refractivity contribution is 0.219. The van der Waals surface area contributed by atoms with Crippen LogP contribution in [0.1, 0.15) is 17.2 Å². The average molecular weight is 344 g/mol. The molecular formula is C17H14BrNO2. The summed E-state index contributed by atoms with van der Waals surface area (Å²) in [6.45, 7) is 0. The summed E-state index contributed by atoms with van der Waals surface area (Å²) in [6.07, 6.45) is 2.55. The molecule has 0 aliphatic heterocycles. The highest BCUT2D eigenvalue weighted by atomic mass is 79.9. The number of fused-ring (bicyclic) bond motifs is 1. The van der Waals surface area contributed by atoms with Gasteiger partial charge in [-0.2, -0.15) is 0 Å². The summed E-state index contributed by atoms with van der Waals surface area (Å²) in [5.74, 6) is 0.635. The van der Waals surface area contributed by atoms with Crippen LogP contribution < -0.4 is 4.74 Å². The van der Waals surface area contributed by atoms with Gasteiger partial charge in [0.05, 0.1) is 13.3 Å². The van der Waals surface area contributed by atoms with Gasteiger partial charge >= 0.3 is 0 Å². The van der Waals surface area contributed by atoms with E-state index in [1.807, 2.05) is 30.3 Å². The summed E-state index contributed by atoms with van der Waals surface area (Å²) < 4.78 is 6.19. The maximum atomic E-state index is 10.5. The molecule has 1 aromatic heterocycles. The van der Waals surface area contributed by atoms with Crippen molar-refractivity contribution in [3.63, 3.8) is 0 Å². The Morgan fingerprint density at radius 2 is 1.76 bits per heavy atom. The molecule has 1 unspecified atom stereocenters. The Bertz CT molecular complexity index is 789. The fourth-order valence-corrected chi connectivity index (χ4v) is 2.67. The van der Waals surface area contributed by atoms with Crippen molar-refractivity contribution in [3.05, 3.63) is 70.5 Å². The number of hydrogen-bond donors (Lipinski definition) is 1. The minimum Gasteiger partial charge on any atom is -0.495 e. The lowest BCUT2D eigenvalue weighted by Crippen LogP contribution is -2.01. The maximum absolute atomic E-state index is 10.5. The molecule has 3 rings (SSSR count). The number of aliphatic hydroxyl groups excluding tert-OH is 1. The summed E-state index contributed by atoms with van der Waals surface area (Å²) in [6, 6.07) is 13.8. The number of benzene rings is 2. The van der Waals surface area contributed by atoms with Crippen LogP contribution in [0.15, 0.2) is 59.3 Å². The number of aromatic nitrogens is 1. The highest BCUT2D eigenvalue weighted by Gasteiger charge is 2.12. The van der Waals surface area contributed by atoms with E-state index < -0.39 is 6.10 Å². The third-order valence-electron chi connectivity index (χ3n) is 3.43. The van der Waals surface area contributed by atoms with E-state index in [1.165, 1.54) is 0 Å². The summed E-state index contributed by atoms with van der Waals surface area (Å²) in [7, 11) is 1.58. The Labute approximate surface area is 131 Å². The molecule has 3 nitrogen and oxygen atoms in total. The van der Waals surface area contributed by atoms with Crippen LogP contribution in [0.5, 0.6) is 5.75 Å². The van der Waals surface area contributed by atoms with Gasteiger partial charge in [-0.25, -0.2) is 0 Å². The highest BCUT2D eigenvalue weighted by Crippen LogP contribution is 2.28. The third-order valence-corrected chi connectivity index (χ3v) is 3.92. The van der Waals surface area contributed by atoms with E-state index in [9.17, 15) is 5.11 Å². The molecule has 0 amide bonds. The average Bonchev–Trinajstić information content (AvgIpc) is 2.53. The number of hydrogen-bond acceptors (Lipinski definition) is 3. The van der Waals surface area contributed by atoms with Crippen molar-refractivity contribution in [2.24, 2.45) is 0 Å². The number of ether oxygens (including phenoxy) is 1. The summed E-state index contributed by atoms with van der Waals surface area (Å²) in [5.41, 5.74) is 1.55. The highest BCUT2D eigenvalue weighted by molar-refractivity contribution is 9.10. The molecule has 21 heavy (non-hydrogen) atoms. The molecule has 0 saturated heterocycles. The number of aliphatic hydroxyl groups is 1. The van der Waals surface area contributed by atoms with E-state index in [0.717, 1.165) is 20.8 Å². The van der Waals surface area contributed by atoms with E-state index in [4.69, 9.17) is 4.74 Å². The second kappa shape index (κ2) is 5.84. The van der Waals surface area contributed by atoms with Gasteiger partial charge in [-0.1, -0.05) is 34.1 Å². The molecule has 0 bridgehead atoms. The van der Waals surface area contributed by atoms with E-state index in [1.54, 1.807) is 25.6 Å². The van der Waals surface area contributed by atoms with Crippen molar-refractivity contribution in [3.8, 4) is 5.75 Å². The van der Waals surface area contributed by atoms with Crippen LogP contribution in [0.4, 0.5) is 0 Å². The zero-order valence-electron chi connectivity index (χ0n) is 11.5. The second-order valence-corrected chi connectivity index (χ2v) is 5.73. The molecule has 0 aliphatic rings. The topological polar surface area (TPSA) is 42.4 Å². The number of methoxy groups -OCH3 is 1. The van der Waals surface area contributed by atoms with Crippen LogP contribution >= 0.6 is 15.9 Å². The maximum Gasteiger partial charge on any atom is 0.137 e. The first-order valence-electron chi connectivity index (χ1n) is 6.53. The zero-order chi connectivity index (χ0) is 14.8. The summed E-state index contributed by atoms with van der Waals surface area (Å²) in [5, 5.41) is 12.7. The van der Waals surface area contributed by atoms with Crippen LogP contribution in [0, 0.1) is 0 Å². The molecule has 4 heteroatoms. The Kier molecular flexibility index (Phi) is 3.90. The summed E-state index contributed by atoms with van der Waals surface area (Å²) >= 11 is 3.46. The standard InChI is InChI=1S/C17H14BrNO2/c1-21-16-8-14(9-19-10-16)17(20)13-3-2-12-7-15(18)5-4-11(12)6-13/h2-10,17,20H,1H3. The summed E-state index contributed by atoms with van der Waals surface area (Å²) in [4.78, 5) is 4.08. The van der Waals surface area contributed by atoms with Crippen LogP contribution in [-0.4, -0.2) is 17.2 Å². The molecule has 1 N–H and O–H groups in total. The van der Waals surface area contributed by atoms with Crippen molar-refractivity contribution < 1.29 is 9.84 Å². The largest absolute Gasteiger partial charge is 0.495 e. The zero-order valence-corrected chi connectivity index (χ0v) is 13.0. The molecule has 1 atom stereocenters. The molecule has 0 aliphatic carbocycles. The predicted molar refractivity (Wildman–Crippen MR) is 86.5 cm³/mol. The normalized spacial score (nSPS) is 12.3. The number of pyridine rings is 1. The number of halogens is 1. The Hall–Kier alpha value is -1.91. The molecular weight excluding hydrogens is 330 g/mol. The van der Waals surface area contributed by atoms with Crippen molar-refractivity contribution >= 4 is 26.7 Å². The van der Waals surface area contributed by atoms with Crippen LogP contribution in [0.25, 0.3) is 10.8 Å². The minimum atomic E-state index is -0.722. The number of nitrogens with zero attached hydrogens (tertiary/aromatic N) is 1. The van der Waals surface area contributed by atoms with Gasteiger partial charge in [0.1, 0.15) is 11.9 Å². The first kappa shape index (κ1) is 14.0. The van der Waals surface area contributed by atoms with Gasteiger partial charge in [0.25, 0.3) is 0 Å². The Morgan fingerprint density at radius 3 is 2.57 bits per heavy atom. The predicted octanol–water partition coefficient (Wildman–Crippen LogP) is 4.09. The van der Waals surface area contributed by atoms with Gasteiger partial charge in [0, 0.05) is 16.2 Å². The van der Waals surface area contributed by atoms with Gasteiger partial charge in [-0.3, -0.25) is 4.98 Å². The molecule has 0 saturated carbocycles. The first-order valence-corrected chi connectivity index (χ1v) is 7.33. The second-order valence-electron chi connectivity index (χ2n) is 4.81. The van der Waals surface area contributed by atoms with Crippen LogP contribution in [-0.2, 0) is 0 Å². The molecule has 2 aromatic carbocycles. The van der Waals surface area contributed by atoms with E-state index in [-0.39, 0.29) is 0 Å². The first-order chi connectivity index (χ1) is 10.2. The van der Waals surface area contributed by atoms with Gasteiger partial charge in [0.2, 0.25) is 0 Å². The fraction of sp³-hybridized carbons (Fsp3) is 0.118. The molecule has 0 spiro atoms. The molecule has 3 aromatic rings. The third kappa shape index (κ3) is 2.91. The Balaban J connectivity index is 2.00. The molecule has 0 radical (unpaired) electrons. The van der Waals surface area contributed by atoms with Crippen molar-refractivity contribution in [2.75, 3.05) is 7.11 Å². The van der Waals surface area contributed by atoms with Crippen molar-refractivity contribution in [1.82, 2.24) is 4.98 Å². The minimum absolute atomic E-state index is 0.635. The number of rotatable bonds is 3. The SMILES string of the molecule is COc1cncc(C(O)c2ccc3cc(Br)ccc3c2)c1. The lowest BCUT2D eigenvalue weighted by atomic mass is 9.99. The Morgan fingerprint density at radius 1 is 1.00 bits per heavy atom. The van der Waals surface area contributed by atoms with Crippen LogP contribution in [0.3, 0.4) is 0 Å². The van der Waals surface area contributed by atoms with Crippen molar-refractivity contribution in [2.45, 2.75) is 6.10 Å². The smallest absolute Gasteiger partial charge is 0.137 e. The van der Waals surface area contributed by atoms with E-state index >= 15 is 0 Å². The molecule has 1 heterocycles. The van der Waals surface area contributed by atoms with E-state index in [0.29, 0.717) is 11.3 Å². The van der Waals surface area contributed by atoms with Gasteiger partial charge in [-0.05, 0) is 40.6 Å². The monoisotopic (exact) mass is 343 g/mol. The quantitative estimate of drug-likeness (QED) is 0.778. The molecule has 106 valence electrons. The lowest BCUT2D eigenvalue weighted by Gasteiger charge is -2.13. The van der Waals surface area contributed by atoms with Crippen molar-refractivity contribution in [1.29, 1.82) is 0 Å². The van der Waals surface area contributed by atoms with Gasteiger partial charge in [-0.15, -0.1) is 0 Å². The molecule has 0 fully saturated rings. The van der Waals surface area contributed by atoms with Crippen LogP contribution in [0.2, 0.25) is 0 Å². The van der Waals surface area contributed by atoms with Gasteiger partial charge < -0.3 is 9.84 Å². The van der Waals surface area contributed by atoms with E-state index in [2.05, 4.69) is 27.0 Å². The fourth-order valence-electron chi connectivity index (χ4n) is 2.29.